The molecule has 1 heterocycles. The minimum absolute atomic E-state index is 0.0526. The number of benzene rings is 3. The maximum Gasteiger partial charge on any atom is 0.245 e. The van der Waals surface area contributed by atoms with Gasteiger partial charge in [-0.1, -0.05) is 102 Å². The summed E-state index contributed by atoms with van der Waals surface area (Å²) in [4.78, 5) is 0.170. The van der Waals surface area contributed by atoms with Gasteiger partial charge in [0, 0.05) is 0 Å². The molecular weight excluding hydrogens is 679 g/mol. The van der Waals surface area contributed by atoms with Gasteiger partial charge in [-0.3, -0.25) is 0 Å². The fraction of sp³-hybridized carbons (Fsp3) is 0.351. The lowest BCUT2D eigenvalue weighted by Crippen LogP contribution is -2.41. The second-order valence-corrected chi connectivity index (χ2v) is 17.5. The molecule has 0 radical (unpaired) electrons. The van der Waals surface area contributed by atoms with Crippen LogP contribution < -0.4 is 0 Å². The summed E-state index contributed by atoms with van der Waals surface area (Å²) in [6.45, 7) is 8.00. The zero-order valence-corrected chi connectivity index (χ0v) is 30.8. The quantitative estimate of drug-likeness (QED) is 0.316. The van der Waals surface area contributed by atoms with Crippen LogP contribution in [0.15, 0.2) is 87.5 Å². The highest BCUT2D eigenvalue weighted by atomic mass is 32.2. The molecular formula is C37H41N3O6S3. The predicted octanol–water partition coefficient (Wildman–Crippen LogP) is 4.57. The third-order valence-corrected chi connectivity index (χ3v) is 13.6. The largest absolute Gasteiger partial charge is 0.245 e. The van der Waals surface area contributed by atoms with E-state index in [0.717, 1.165) is 25.3 Å². The number of nitrogens with zero attached hydrogens (tertiary/aromatic N) is 3. The maximum atomic E-state index is 14.1. The highest BCUT2D eigenvalue weighted by molar-refractivity contribution is 7.89. The van der Waals surface area contributed by atoms with E-state index in [-0.39, 0.29) is 40.9 Å². The van der Waals surface area contributed by atoms with Crippen LogP contribution in [-0.2, 0) is 30.1 Å². The van der Waals surface area contributed by atoms with Gasteiger partial charge < -0.3 is 0 Å². The molecule has 0 aromatic heterocycles. The first-order chi connectivity index (χ1) is 23.2. The first kappa shape index (κ1) is 37.9. The van der Waals surface area contributed by atoms with E-state index in [1.807, 2.05) is 27.7 Å². The fourth-order valence-corrected chi connectivity index (χ4v) is 9.16. The summed E-state index contributed by atoms with van der Waals surface area (Å²) in [6.07, 6.45) is 0.936. The summed E-state index contributed by atoms with van der Waals surface area (Å²) in [6, 6.07) is 17.5. The summed E-state index contributed by atoms with van der Waals surface area (Å²) in [7, 11) is -12.3. The minimum Gasteiger partial charge on any atom is -0.207 e. The average molecular weight is 720 g/mol. The van der Waals surface area contributed by atoms with E-state index in [9.17, 15) is 25.3 Å². The van der Waals surface area contributed by atoms with E-state index >= 15 is 0 Å². The normalized spacial score (nSPS) is 18.8. The van der Waals surface area contributed by atoms with Crippen molar-refractivity contribution in [2.75, 3.05) is 26.2 Å². The van der Waals surface area contributed by atoms with Crippen molar-refractivity contribution in [2.24, 2.45) is 0 Å². The third-order valence-electron chi connectivity index (χ3n) is 7.95. The molecule has 3 aromatic rings. The van der Waals surface area contributed by atoms with Gasteiger partial charge in [-0.15, -0.1) is 0 Å². The van der Waals surface area contributed by atoms with Crippen LogP contribution in [0.4, 0.5) is 0 Å². The van der Waals surface area contributed by atoms with E-state index < -0.39 is 42.2 Å². The molecule has 1 aliphatic heterocycles. The molecule has 258 valence electrons. The fourth-order valence-electron chi connectivity index (χ4n) is 4.98. The molecule has 0 fully saturated rings. The third kappa shape index (κ3) is 9.20. The first-order valence-corrected chi connectivity index (χ1v) is 20.2. The number of aryl methyl sites for hydroxylation is 3. The van der Waals surface area contributed by atoms with Gasteiger partial charge in [0.1, 0.15) is 0 Å². The molecule has 49 heavy (non-hydrogen) atoms. The van der Waals surface area contributed by atoms with Crippen molar-refractivity contribution in [1.29, 1.82) is 0 Å². The van der Waals surface area contributed by atoms with Crippen molar-refractivity contribution in [1.82, 2.24) is 12.9 Å². The van der Waals surface area contributed by atoms with Crippen molar-refractivity contribution in [3.05, 3.63) is 89.5 Å². The summed E-state index contributed by atoms with van der Waals surface area (Å²) >= 11 is 0. The highest BCUT2D eigenvalue weighted by Crippen LogP contribution is 2.23. The smallest absolute Gasteiger partial charge is 0.207 e. The summed E-state index contributed by atoms with van der Waals surface area (Å²) in [5, 5.41) is 0. The highest BCUT2D eigenvalue weighted by Gasteiger charge is 2.32. The van der Waals surface area contributed by atoms with Crippen molar-refractivity contribution in [2.45, 2.75) is 74.2 Å². The van der Waals surface area contributed by atoms with E-state index in [1.54, 1.807) is 43.3 Å². The SMILES string of the molecule is CCCC1C#CC(C)N(S(=O)(=O)c2ccc(C)cc2)CC#CCN(S(=O)(=O)c2ccc(C)cc2)CC#CCN1S(=O)(=O)c1ccc(C)cc1. The van der Waals surface area contributed by atoms with Gasteiger partial charge in [-0.05, 0) is 70.5 Å². The number of hydrogen-bond donors (Lipinski definition) is 0. The Labute approximate surface area is 292 Å². The lowest BCUT2D eigenvalue weighted by Gasteiger charge is -2.27. The Balaban J connectivity index is 1.86. The van der Waals surface area contributed by atoms with Gasteiger partial charge in [-0.25, -0.2) is 25.3 Å². The predicted molar refractivity (Wildman–Crippen MR) is 192 cm³/mol. The van der Waals surface area contributed by atoms with E-state index in [0.29, 0.717) is 12.8 Å². The second kappa shape index (κ2) is 16.2. The van der Waals surface area contributed by atoms with Crippen LogP contribution >= 0.6 is 0 Å². The molecule has 0 saturated heterocycles. The number of hydrogen-bond acceptors (Lipinski definition) is 6. The Morgan fingerprint density at radius 2 is 0.918 bits per heavy atom. The Bertz CT molecular complexity index is 2150. The van der Waals surface area contributed by atoms with Gasteiger partial charge >= 0.3 is 0 Å². The van der Waals surface area contributed by atoms with Crippen molar-refractivity contribution in [3.8, 4) is 35.5 Å². The molecule has 0 N–H and O–H groups in total. The second-order valence-electron chi connectivity index (χ2n) is 11.8. The molecule has 0 spiro atoms. The summed E-state index contributed by atoms with van der Waals surface area (Å²) < 4.78 is 86.9. The van der Waals surface area contributed by atoms with Gasteiger partial charge in [0.25, 0.3) is 0 Å². The van der Waals surface area contributed by atoms with Gasteiger partial charge in [-0.2, -0.15) is 12.9 Å². The zero-order valence-electron chi connectivity index (χ0n) is 28.3. The van der Waals surface area contributed by atoms with Crippen LogP contribution in [0.2, 0.25) is 0 Å². The summed E-state index contributed by atoms with van der Waals surface area (Å²) in [5.41, 5.74) is 2.66. The molecule has 2 unspecified atom stereocenters. The molecule has 4 rings (SSSR count). The Kier molecular flexibility index (Phi) is 12.5. The Morgan fingerprint density at radius 3 is 1.35 bits per heavy atom. The van der Waals surface area contributed by atoms with Crippen LogP contribution in [0.3, 0.4) is 0 Å². The van der Waals surface area contributed by atoms with Gasteiger partial charge in [0.05, 0.1) is 52.9 Å². The lowest BCUT2D eigenvalue weighted by molar-refractivity contribution is 0.382. The lowest BCUT2D eigenvalue weighted by atomic mass is 10.1. The van der Waals surface area contributed by atoms with Crippen LogP contribution in [-0.4, -0.2) is 76.4 Å². The summed E-state index contributed by atoms with van der Waals surface area (Å²) in [5.74, 6) is 17.5. The molecule has 0 amide bonds. The molecule has 9 nitrogen and oxygen atoms in total. The van der Waals surface area contributed by atoms with Crippen LogP contribution in [0.25, 0.3) is 0 Å². The molecule has 3 aromatic carbocycles. The van der Waals surface area contributed by atoms with Gasteiger partial charge in [0.15, 0.2) is 0 Å². The molecule has 2 atom stereocenters. The number of rotatable bonds is 8. The molecule has 0 aliphatic carbocycles. The Hall–Kier alpha value is -3.93. The van der Waals surface area contributed by atoms with Gasteiger partial charge in [0.2, 0.25) is 30.1 Å². The minimum atomic E-state index is -4.12. The standard InChI is InChI=1S/C37H41N3O6S3/c1-6-11-34-19-18-33(5)39(48(43,44)36-22-14-31(3)15-23-36)28-9-7-26-38(47(41,42)35-20-12-30(2)13-21-35)27-8-10-29-40(34)49(45,46)37-24-16-32(4)17-25-37/h12-17,20-25,33-34H,6,11,26-29H2,1-5H3. The molecule has 0 bridgehead atoms. The van der Waals surface area contributed by atoms with Crippen LogP contribution in [0.1, 0.15) is 43.4 Å². The van der Waals surface area contributed by atoms with Crippen molar-refractivity contribution < 1.29 is 25.3 Å². The van der Waals surface area contributed by atoms with Crippen LogP contribution in [0, 0.1) is 56.3 Å². The monoisotopic (exact) mass is 719 g/mol. The van der Waals surface area contributed by atoms with E-state index in [2.05, 4.69) is 35.5 Å². The van der Waals surface area contributed by atoms with E-state index in [4.69, 9.17) is 0 Å². The molecule has 1 aliphatic rings. The van der Waals surface area contributed by atoms with Crippen molar-refractivity contribution in [3.63, 3.8) is 0 Å². The topological polar surface area (TPSA) is 112 Å². The molecule has 12 heteroatoms. The Morgan fingerprint density at radius 1 is 0.551 bits per heavy atom. The van der Waals surface area contributed by atoms with E-state index in [1.165, 1.54) is 40.7 Å². The maximum absolute atomic E-state index is 14.1. The zero-order chi connectivity index (χ0) is 35.8. The molecule has 0 saturated carbocycles. The van der Waals surface area contributed by atoms with Crippen LogP contribution in [0.5, 0.6) is 0 Å². The number of sulfonamides is 3. The van der Waals surface area contributed by atoms with Crippen molar-refractivity contribution >= 4 is 30.1 Å². The first-order valence-electron chi connectivity index (χ1n) is 15.8. The average Bonchev–Trinajstić information content (AvgIpc) is 3.06.